The Morgan fingerprint density at radius 3 is 2.19 bits per heavy atom. The first kappa shape index (κ1) is 25.9. The van der Waals surface area contributed by atoms with Crippen molar-refractivity contribution in [3.63, 3.8) is 0 Å². The van der Waals surface area contributed by atoms with Crippen molar-refractivity contribution in [2.75, 3.05) is 19.5 Å². The van der Waals surface area contributed by atoms with E-state index < -0.39 is 18.1 Å². The predicted octanol–water partition coefficient (Wildman–Crippen LogP) is 3.90. The van der Waals surface area contributed by atoms with Crippen LogP contribution < -0.4 is 24.8 Å². The van der Waals surface area contributed by atoms with E-state index in [9.17, 15) is 14.7 Å². The van der Waals surface area contributed by atoms with Gasteiger partial charge in [0.25, 0.3) is 0 Å². The topological polar surface area (TPSA) is 130 Å². The monoisotopic (exact) mass is 489 g/mol. The van der Waals surface area contributed by atoms with E-state index in [0.717, 1.165) is 5.56 Å². The van der Waals surface area contributed by atoms with Crippen LogP contribution in [0.5, 0.6) is 17.2 Å². The fraction of sp³-hybridized carbons (Fsp3) is 0.222. The van der Waals surface area contributed by atoms with E-state index in [-0.39, 0.29) is 18.2 Å². The van der Waals surface area contributed by atoms with Crippen molar-refractivity contribution in [2.24, 2.45) is 0 Å². The third-order valence-electron chi connectivity index (χ3n) is 5.38. The fourth-order valence-electron chi connectivity index (χ4n) is 3.42. The lowest BCUT2D eigenvalue weighted by Crippen LogP contribution is -2.34. The van der Waals surface area contributed by atoms with Crippen LogP contribution in [0.3, 0.4) is 0 Å². The molecule has 0 aliphatic heterocycles. The van der Waals surface area contributed by atoms with Gasteiger partial charge in [0.2, 0.25) is 5.91 Å². The number of nitrogens with one attached hydrogen (secondary N) is 2. The quantitative estimate of drug-likeness (QED) is 0.370. The second-order valence-corrected chi connectivity index (χ2v) is 7.81. The van der Waals surface area contributed by atoms with E-state index in [2.05, 4.69) is 16.7 Å². The van der Waals surface area contributed by atoms with E-state index in [1.54, 1.807) is 30.3 Å². The number of nitrogens with zero attached hydrogens (tertiary/aromatic N) is 1. The predicted molar refractivity (Wildman–Crippen MR) is 133 cm³/mol. The Kier molecular flexibility index (Phi) is 8.73. The van der Waals surface area contributed by atoms with Crippen LogP contribution in [-0.4, -0.2) is 37.3 Å². The lowest BCUT2D eigenvalue weighted by atomic mass is 10.0. The summed E-state index contributed by atoms with van der Waals surface area (Å²) in [6, 6.07) is 20.1. The Labute approximate surface area is 209 Å². The minimum atomic E-state index is -1.19. The minimum absolute atomic E-state index is 0.142. The second kappa shape index (κ2) is 12.1. The van der Waals surface area contributed by atoms with E-state index in [4.69, 9.17) is 19.5 Å². The molecule has 36 heavy (non-hydrogen) atoms. The highest BCUT2D eigenvalue weighted by molar-refractivity contribution is 5.87. The van der Waals surface area contributed by atoms with E-state index in [0.29, 0.717) is 28.3 Å². The first-order valence-corrected chi connectivity index (χ1v) is 11.1. The molecule has 1 unspecified atom stereocenters. The van der Waals surface area contributed by atoms with E-state index >= 15 is 0 Å². The molecule has 0 aromatic heterocycles. The number of carboxylic acids is 1. The maximum absolute atomic E-state index is 13.5. The molecule has 9 heteroatoms. The van der Waals surface area contributed by atoms with Crippen LogP contribution >= 0.6 is 0 Å². The van der Waals surface area contributed by atoms with Gasteiger partial charge >= 0.3 is 5.97 Å². The number of hydrogen-bond acceptors (Lipinski definition) is 7. The van der Waals surface area contributed by atoms with Crippen LogP contribution in [0.4, 0.5) is 5.69 Å². The zero-order valence-corrected chi connectivity index (χ0v) is 20.1. The maximum Gasteiger partial charge on any atom is 0.344 e. The molecule has 9 nitrogen and oxygen atoms in total. The summed E-state index contributed by atoms with van der Waals surface area (Å²) in [5.41, 5.74) is 2.29. The number of carbonyl (C=O) groups excluding carboxylic acids is 1. The molecule has 2 atom stereocenters. The number of benzene rings is 3. The summed E-state index contributed by atoms with van der Waals surface area (Å²) < 4.78 is 16.5. The molecule has 3 aromatic carbocycles. The molecule has 186 valence electrons. The molecule has 3 N–H and O–H groups in total. The summed E-state index contributed by atoms with van der Waals surface area (Å²) in [7, 11) is 2.90. The number of amides is 1. The molecule has 3 aromatic rings. The third-order valence-corrected chi connectivity index (χ3v) is 5.38. The highest BCUT2D eigenvalue weighted by atomic mass is 16.5. The van der Waals surface area contributed by atoms with Crippen molar-refractivity contribution in [1.29, 1.82) is 5.26 Å². The largest absolute Gasteiger partial charge is 0.493 e. The van der Waals surface area contributed by atoms with Gasteiger partial charge < -0.3 is 30.0 Å². The van der Waals surface area contributed by atoms with Gasteiger partial charge in [0.15, 0.2) is 17.6 Å². The van der Waals surface area contributed by atoms with Crippen LogP contribution in [0.2, 0.25) is 0 Å². The first-order valence-electron chi connectivity index (χ1n) is 11.1. The standard InChI is InChI=1S/C27H27N3O6/c1-17(27(32)33)36-22-14-24(35-3)23(34-2)13-21(22)25(30-20-11-9-18(15-28)10-12-20)26(31)29-16-19-7-5-4-6-8-19/h4-14,17,25,30H,16H2,1-3H3,(H,29,31)(H,32,33)/t17-,25?/m1/s1. The van der Waals surface area contributed by atoms with Crippen LogP contribution in [0.1, 0.15) is 29.7 Å². The van der Waals surface area contributed by atoms with Crippen molar-refractivity contribution in [2.45, 2.75) is 25.6 Å². The smallest absolute Gasteiger partial charge is 0.344 e. The number of rotatable bonds is 11. The Bertz CT molecular complexity index is 1240. The van der Waals surface area contributed by atoms with Crippen molar-refractivity contribution in [3.05, 3.63) is 83.4 Å². The average molecular weight is 490 g/mol. The lowest BCUT2D eigenvalue weighted by molar-refractivity contribution is -0.144. The van der Waals surface area contributed by atoms with Crippen LogP contribution in [0, 0.1) is 11.3 Å². The number of ether oxygens (including phenoxy) is 3. The molecular weight excluding hydrogens is 462 g/mol. The van der Waals surface area contributed by atoms with Crippen LogP contribution in [0.15, 0.2) is 66.7 Å². The van der Waals surface area contributed by atoms with Crippen LogP contribution in [0.25, 0.3) is 0 Å². The number of carbonyl (C=O) groups is 2. The number of carboxylic acid groups (broad SMARTS) is 1. The van der Waals surface area contributed by atoms with E-state index in [1.165, 1.54) is 27.2 Å². The Morgan fingerprint density at radius 2 is 1.61 bits per heavy atom. The van der Waals surface area contributed by atoms with Crippen molar-refractivity contribution < 1.29 is 28.9 Å². The minimum Gasteiger partial charge on any atom is -0.493 e. The Hall–Kier alpha value is -4.71. The van der Waals surface area contributed by atoms with Gasteiger partial charge in [0.05, 0.1) is 25.9 Å². The lowest BCUT2D eigenvalue weighted by Gasteiger charge is -2.25. The molecule has 0 bridgehead atoms. The maximum atomic E-state index is 13.5. The summed E-state index contributed by atoms with van der Waals surface area (Å²) in [6.45, 7) is 1.67. The van der Waals surface area contributed by atoms with Gasteiger partial charge in [-0.05, 0) is 42.8 Å². The van der Waals surface area contributed by atoms with Gasteiger partial charge in [-0.25, -0.2) is 4.79 Å². The zero-order valence-electron chi connectivity index (χ0n) is 20.1. The molecule has 3 rings (SSSR count). The normalized spacial score (nSPS) is 11.9. The molecule has 0 fully saturated rings. The van der Waals surface area contributed by atoms with Gasteiger partial charge in [-0.2, -0.15) is 5.26 Å². The Balaban J connectivity index is 2.05. The second-order valence-electron chi connectivity index (χ2n) is 7.81. The molecular formula is C27H27N3O6. The van der Waals surface area contributed by atoms with Gasteiger partial charge in [-0.15, -0.1) is 0 Å². The highest BCUT2D eigenvalue weighted by Crippen LogP contribution is 2.39. The summed E-state index contributed by atoms with van der Waals surface area (Å²) >= 11 is 0. The fourth-order valence-corrected chi connectivity index (χ4v) is 3.42. The summed E-state index contributed by atoms with van der Waals surface area (Å²) in [5, 5.41) is 24.6. The number of hydrogen-bond donors (Lipinski definition) is 3. The first-order chi connectivity index (χ1) is 17.4. The number of methoxy groups -OCH3 is 2. The van der Waals surface area contributed by atoms with Gasteiger partial charge in [-0.1, -0.05) is 30.3 Å². The zero-order chi connectivity index (χ0) is 26.1. The molecule has 0 heterocycles. The molecule has 0 aliphatic carbocycles. The summed E-state index contributed by atoms with van der Waals surface area (Å²) in [4.78, 5) is 25.0. The Morgan fingerprint density at radius 1 is 0.972 bits per heavy atom. The van der Waals surface area contributed by atoms with E-state index in [1.807, 2.05) is 30.3 Å². The highest BCUT2D eigenvalue weighted by Gasteiger charge is 2.28. The molecule has 0 radical (unpaired) electrons. The molecule has 1 amide bonds. The van der Waals surface area contributed by atoms with Crippen molar-refractivity contribution >= 4 is 17.6 Å². The molecule has 0 spiro atoms. The SMILES string of the molecule is COc1cc(O[C@H](C)C(=O)O)c(C(Nc2ccc(C#N)cc2)C(=O)NCc2ccccc2)cc1OC. The number of nitriles is 1. The average Bonchev–Trinajstić information content (AvgIpc) is 2.91. The number of aliphatic carboxylic acids is 1. The van der Waals surface area contributed by atoms with Gasteiger partial charge in [0, 0.05) is 23.9 Å². The molecule has 0 saturated carbocycles. The van der Waals surface area contributed by atoms with Crippen molar-refractivity contribution in [1.82, 2.24) is 5.32 Å². The number of anilines is 1. The van der Waals surface area contributed by atoms with Crippen LogP contribution in [-0.2, 0) is 16.1 Å². The van der Waals surface area contributed by atoms with Crippen molar-refractivity contribution in [3.8, 4) is 23.3 Å². The summed E-state index contributed by atoms with van der Waals surface area (Å²) in [6.07, 6.45) is -1.19. The van der Waals surface area contributed by atoms with Gasteiger partial charge in [-0.3, -0.25) is 4.79 Å². The third kappa shape index (κ3) is 6.45. The molecule has 0 saturated heterocycles. The van der Waals surface area contributed by atoms with Gasteiger partial charge in [0.1, 0.15) is 11.8 Å². The molecule has 0 aliphatic rings. The summed E-state index contributed by atoms with van der Waals surface area (Å²) in [5.74, 6) is -0.756.